The highest BCUT2D eigenvalue weighted by Gasteiger charge is 2.13. The van der Waals surface area contributed by atoms with Gasteiger partial charge in [-0.05, 0) is 12.1 Å². The normalized spacial score (nSPS) is 9.62. The molecule has 16 heavy (non-hydrogen) atoms. The molecule has 1 heterocycles. The van der Waals surface area contributed by atoms with Crippen LogP contribution in [0.3, 0.4) is 0 Å². The molecule has 1 aromatic rings. The highest BCUT2D eigenvalue weighted by Crippen LogP contribution is 2.16. The smallest absolute Gasteiger partial charge is 0.341 e. The summed E-state index contributed by atoms with van der Waals surface area (Å²) in [6.07, 6.45) is 1.66. The van der Waals surface area contributed by atoms with E-state index in [-0.39, 0.29) is 5.15 Å². The fraction of sp³-hybridized carbons (Fsp3) is 0.200. The molecule has 1 rings (SSSR count). The number of hydrogen-bond donors (Lipinski definition) is 2. The van der Waals surface area contributed by atoms with Gasteiger partial charge in [-0.25, -0.2) is 15.2 Å². The molecule has 0 amide bonds. The number of hydrazine groups is 1. The minimum absolute atomic E-state index is 0.288. The van der Waals surface area contributed by atoms with Crippen molar-refractivity contribution in [3.05, 3.63) is 35.5 Å². The lowest BCUT2D eigenvalue weighted by atomic mass is 10.2. The molecule has 0 saturated carbocycles. The number of hydrogen-bond acceptors (Lipinski definition) is 5. The Balaban J connectivity index is 2.89. The average Bonchev–Trinajstić information content (AvgIpc) is 2.29. The van der Waals surface area contributed by atoms with E-state index in [1.807, 2.05) is 0 Å². The number of nitrogens with one attached hydrogen (secondary N) is 2. The Morgan fingerprint density at radius 2 is 2.44 bits per heavy atom. The van der Waals surface area contributed by atoms with Crippen LogP contribution >= 0.6 is 11.6 Å². The molecule has 1 aromatic heterocycles. The summed E-state index contributed by atoms with van der Waals surface area (Å²) in [5, 5.41) is 0.288. The van der Waals surface area contributed by atoms with Gasteiger partial charge < -0.3 is 10.2 Å². The van der Waals surface area contributed by atoms with E-state index in [0.717, 1.165) is 0 Å². The highest BCUT2D eigenvalue weighted by atomic mass is 35.5. The molecule has 0 spiro atoms. The molecule has 0 radical (unpaired) electrons. The third-order valence-electron chi connectivity index (χ3n) is 1.72. The zero-order chi connectivity index (χ0) is 12.0. The first-order valence-electron chi connectivity index (χ1n) is 4.53. The van der Waals surface area contributed by atoms with Crippen molar-refractivity contribution in [2.75, 3.05) is 19.1 Å². The van der Waals surface area contributed by atoms with Crippen molar-refractivity contribution in [1.29, 1.82) is 0 Å². The van der Waals surface area contributed by atoms with E-state index < -0.39 is 5.97 Å². The van der Waals surface area contributed by atoms with Gasteiger partial charge in [0.15, 0.2) is 5.82 Å². The second-order valence-electron chi connectivity index (χ2n) is 2.82. The summed E-state index contributed by atoms with van der Waals surface area (Å²) in [4.78, 5) is 15.4. The second-order valence-corrected chi connectivity index (χ2v) is 3.20. The van der Waals surface area contributed by atoms with Gasteiger partial charge in [0, 0.05) is 6.54 Å². The van der Waals surface area contributed by atoms with Crippen LogP contribution in [0, 0.1) is 0 Å². The molecule has 2 N–H and O–H groups in total. The third-order valence-corrected chi connectivity index (χ3v) is 1.93. The van der Waals surface area contributed by atoms with E-state index in [9.17, 15) is 4.79 Å². The molecule has 5 nitrogen and oxygen atoms in total. The quantitative estimate of drug-likeness (QED) is 0.270. The van der Waals surface area contributed by atoms with Crippen molar-refractivity contribution in [2.45, 2.75) is 0 Å². The number of pyridine rings is 1. The molecular weight excluding hydrogens is 230 g/mol. The van der Waals surface area contributed by atoms with Crippen molar-refractivity contribution in [3.8, 4) is 0 Å². The van der Waals surface area contributed by atoms with Crippen molar-refractivity contribution < 1.29 is 9.53 Å². The monoisotopic (exact) mass is 241 g/mol. The molecule has 0 saturated heterocycles. The van der Waals surface area contributed by atoms with Gasteiger partial charge in [-0.3, -0.25) is 0 Å². The Bertz CT molecular complexity index is 396. The van der Waals surface area contributed by atoms with E-state index in [2.05, 4.69) is 27.2 Å². The fourth-order valence-corrected chi connectivity index (χ4v) is 1.16. The number of carbonyl (C=O) groups is 1. The van der Waals surface area contributed by atoms with Gasteiger partial charge in [-0.2, -0.15) is 0 Å². The summed E-state index contributed by atoms with van der Waals surface area (Å²) in [6, 6.07) is 3.06. The number of nitrogens with zero attached hydrogens (tertiary/aromatic N) is 1. The van der Waals surface area contributed by atoms with E-state index in [1.165, 1.54) is 13.2 Å². The third kappa shape index (κ3) is 3.22. The van der Waals surface area contributed by atoms with Crippen LogP contribution in [0.5, 0.6) is 0 Å². The number of aromatic nitrogens is 1. The van der Waals surface area contributed by atoms with Crippen molar-refractivity contribution in [3.63, 3.8) is 0 Å². The number of esters is 1. The largest absolute Gasteiger partial charge is 0.465 e. The predicted molar refractivity (Wildman–Crippen MR) is 62.4 cm³/mol. The Labute approximate surface area is 98.4 Å². The molecule has 0 aliphatic heterocycles. The maximum absolute atomic E-state index is 11.4. The minimum atomic E-state index is -0.480. The van der Waals surface area contributed by atoms with Gasteiger partial charge >= 0.3 is 5.97 Å². The van der Waals surface area contributed by atoms with Gasteiger partial charge in [0.1, 0.15) is 10.7 Å². The second kappa shape index (κ2) is 6.09. The van der Waals surface area contributed by atoms with E-state index in [4.69, 9.17) is 11.6 Å². The van der Waals surface area contributed by atoms with Crippen LogP contribution in [0.1, 0.15) is 10.4 Å². The first-order chi connectivity index (χ1) is 7.69. The number of carbonyl (C=O) groups excluding carboxylic acids is 1. The van der Waals surface area contributed by atoms with E-state index >= 15 is 0 Å². The van der Waals surface area contributed by atoms with Gasteiger partial charge in [-0.1, -0.05) is 17.7 Å². The minimum Gasteiger partial charge on any atom is -0.465 e. The Morgan fingerprint density at radius 1 is 1.69 bits per heavy atom. The maximum atomic E-state index is 11.4. The van der Waals surface area contributed by atoms with Gasteiger partial charge in [0.2, 0.25) is 0 Å². The highest BCUT2D eigenvalue weighted by molar-refractivity contribution is 6.29. The molecule has 0 bridgehead atoms. The number of rotatable bonds is 5. The lowest BCUT2D eigenvalue weighted by Gasteiger charge is -2.09. The summed E-state index contributed by atoms with van der Waals surface area (Å²) >= 11 is 5.73. The topological polar surface area (TPSA) is 63.2 Å². The first-order valence-corrected chi connectivity index (χ1v) is 4.91. The Kier molecular flexibility index (Phi) is 4.75. The van der Waals surface area contributed by atoms with Crippen LogP contribution in [0.4, 0.5) is 5.82 Å². The van der Waals surface area contributed by atoms with Crippen LogP contribution in [-0.2, 0) is 4.74 Å². The van der Waals surface area contributed by atoms with Gasteiger partial charge in [0.25, 0.3) is 0 Å². The lowest BCUT2D eigenvalue weighted by molar-refractivity contribution is 0.0601. The van der Waals surface area contributed by atoms with Gasteiger partial charge in [0.05, 0.1) is 7.11 Å². The zero-order valence-corrected chi connectivity index (χ0v) is 9.54. The lowest BCUT2D eigenvalue weighted by Crippen LogP contribution is -2.24. The fourth-order valence-electron chi connectivity index (χ4n) is 1.01. The van der Waals surface area contributed by atoms with Crippen LogP contribution in [0.15, 0.2) is 24.8 Å². The first kappa shape index (κ1) is 12.5. The van der Waals surface area contributed by atoms with Crippen molar-refractivity contribution in [2.24, 2.45) is 0 Å². The van der Waals surface area contributed by atoms with Crippen LogP contribution in [-0.4, -0.2) is 24.6 Å². The molecule has 0 atom stereocenters. The molecule has 0 aromatic carbocycles. The predicted octanol–water partition coefficient (Wildman–Crippen LogP) is 1.62. The molecule has 6 heteroatoms. The summed E-state index contributed by atoms with van der Waals surface area (Å²) in [5.41, 5.74) is 5.86. The SMILES string of the molecule is C=CCNNc1nc(Cl)ccc1C(=O)OC. The molecule has 86 valence electrons. The van der Waals surface area contributed by atoms with Crippen LogP contribution in [0.25, 0.3) is 0 Å². The van der Waals surface area contributed by atoms with E-state index in [0.29, 0.717) is 17.9 Å². The summed E-state index contributed by atoms with van der Waals surface area (Å²) in [7, 11) is 1.30. The number of ether oxygens (including phenoxy) is 1. The maximum Gasteiger partial charge on any atom is 0.341 e. The molecule has 0 fully saturated rings. The molecular formula is C10H12ClN3O2. The Morgan fingerprint density at radius 3 is 3.06 bits per heavy atom. The van der Waals surface area contributed by atoms with Crippen LogP contribution in [0.2, 0.25) is 5.15 Å². The summed E-state index contributed by atoms with van der Waals surface area (Å²) in [5.74, 6) is -0.159. The van der Waals surface area contributed by atoms with Gasteiger partial charge in [-0.15, -0.1) is 6.58 Å². The molecule has 0 aliphatic carbocycles. The zero-order valence-electron chi connectivity index (χ0n) is 8.79. The Hall–Kier alpha value is -1.59. The average molecular weight is 242 g/mol. The number of halogens is 1. The summed E-state index contributed by atoms with van der Waals surface area (Å²) < 4.78 is 4.61. The van der Waals surface area contributed by atoms with Crippen LogP contribution < -0.4 is 10.9 Å². The number of methoxy groups -OCH3 is 1. The standard InChI is InChI=1S/C10H12ClN3O2/c1-3-6-12-14-9-7(10(15)16-2)4-5-8(11)13-9/h3-5,12H,1,6H2,2H3,(H,13,14). The molecule has 0 unspecified atom stereocenters. The number of anilines is 1. The summed E-state index contributed by atoms with van der Waals surface area (Å²) in [6.45, 7) is 4.07. The van der Waals surface area contributed by atoms with Crippen molar-refractivity contribution in [1.82, 2.24) is 10.4 Å². The molecule has 0 aliphatic rings. The van der Waals surface area contributed by atoms with Crippen molar-refractivity contribution >= 4 is 23.4 Å². The van der Waals surface area contributed by atoms with E-state index in [1.54, 1.807) is 12.1 Å².